The highest BCUT2D eigenvalue weighted by Crippen LogP contribution is 2.43. The van der Waals surface area contributed by atoms with E-state index in [4.69, 9.17) is 9.47 Å². The molecule has 3 heterocycles. The minimum absolute atomic E-state index is 0.0480. The number of aliphatic hydroxyl groups is 1. The number of aromatic nitrogens is 3. The van der Waals surface area contributed by atoms with Gasteiger partial charge in [0.1, 0.15) is 11.1 Å². The van der Waals surface area contributed by atoms with E-state index in [1.165, 1.54) is 16.4 Å². The van der Waals surface area contributed by atoms with Gasteiger partial charge in [0.15, 0.2) is 16.7 Å². The number of thioether (sulfide) groups is 1. The van der Waals surface area contributed by atoms with Crippen molar-refractivity contribution in [2.75, 3.05) is 53.6 Å². The lowest BCUT2D eigenvalue weighted by Gasteiger charge is -2.40. The van der Waals surface area contributed by atoms with Crippen LogP contribution in [0, 0.1) is 6.92 Å². The Morgan fingerprint density at radius 2 is 1.93 bits per heavy atom. The van der Waals surface area contributed by atoms with Crippen LogP contribution in [0.1, 0.15) is 22.2 Å². The molecule has 0 radical (unpaired) electrons. The Kier molecular flexibility index (Phi) is 6.28. The number of methoxy groups -OCH3 is 2. The Labute approximate surface area is 180 Å². The number of piperazine rings is 1. The summed E-state index contributed by atoms with van der Waals surface area (Å²) in [5.74, 6) is 1.85. The Bertz CT molecular complexity index is 913. The minimum Gasteiger partial charge on any atom is -0.493 e. The second-order valence-electron chi connectivity index (χ2n) is 7.39. The van der Waals surface area contributed by atoms with Gasteiger partial charge in [-0.05, 0) is 24.6 Å². The zero-order chi connectivity index (χ0) is 21.3. The van der Waals surface area contributed by atoms with Crippen LogP contribution in [0.4, 0.5) is 0 Å². The molecular weight excluding hydrogens is 406 g/mol. The molecule has 1 saturated heterocycles. The fourth-order valence-corrected chi connectivity index (χ4v) is 5.42. The monoisotopic (exact) mass is 433 g/mol. The molecule has 2 unspecified atom stereocenters. The number of aryl methyl sites for hydroxylation is 1. The molecule has 4 rings (SSSR count). The van der Waals surface area contributed by atoms with Crippen LogP contribution in [0.5, 0.6) is 11.5 Å². The predicted molar refractivity (Wildman–Crippen MR) is 112 cm³/mol. The lowest BCUT2D eigenvalue weighted by atomic mass is 9.99. The first kappa shape index (κ1) is 21.1. The number of nitrogens with zero attached hydrogens (tertiary/aromatic N) is 5. The average Bonchev–Trinajstić information content (AvgIpc) is 3.26. The van der Waals surface area contributed by atoms with E-state index in [1.807, 2.05) is 18.2 Å². The first-order valence-corrected chi connectivity index (χ1v) is 10.9. The van der Waals surface area contributed by atoms with Gasteiger partial charge < -0.3 is 14.6 Å². The summed E-state index contributed by atoms with van der Waals surface area (Å²) in [6.45, 7) is 5.92. The number of aliphatic hydroxyl groups excluding tert-OH is 1. The molecule has 2 aliphatic rings. The van der Waals surface area contributed by atoms with Gasteiger partial charge in [-0.15, -0.1) is 5.10 Å². The van der Waals surface area contributed by atoms with Crippen LogP contribution in [-0.2, 0) is 0 Å². The van der Waals surface area contributed by atoms with Crippen molar-refractivity contribution < 1.29 is 19.4 Å². The molecule has 1 aromatic carbocycles. The SMILES string of the molecule is COc1ccc(C(C2Sc3nc(C)nn3C2=O)N2CCN(CCO)CC2)cc1OC. The summed E-state index contributed by atoms with van der Waals surface area (Å²) >= 11 is 1.47. The first-order valence-electron chi connectivity index (χ1n) is 9.99. The van der Waals surface area contributed by atoms with Crippen molar-refractivity contribution in [1.29, 1.82) is 0 Å². The molecule has 0 aliphatic carbocycles. The summed E-state index contributed by atoms with van der Waals surface area (Å²) in [5, 5.41) is 13.8. The fraction of sp³-hybridized carbons (Fsp3) is 0.550. The summed E-state index contributed by atoms with van der Waals surface area (Å²) < 4.78 is 12.3. The molecule has 9 nitrogen and oxygen atoms in total. The van der Waals surface area contributed by atoms with Crippen molar-refractivity contribution in [3.8, 4) is 11.5 Å². The van der Waals surface area contributed by atoms with E-state index in [1.54, 1.807) is 21.1 Å². The number of hydrogen-bond acceptors (Lipinski definition) is 9. The number of rotatable bonds is 7. The van der Waals surface area contributed by atoms with Crippen molar-refractivity contribution in [3.63, 3.8) is 0 Å². The molecule has 30 heavy (non-hydrogen) atoms. The van der Waals surface area contributed by atoms with Crippen molar-refractivity contribution in [2.24, 2.45) is 0 Å². The molecule has 1 fully saturated rings. The molecule has 0 spiro atoms. The molecule has 0 saturated carbocycles. The van der Waals surface area contributed by atoms with E-state index < -0.39 is 0 Å². The van der Waals surface area contributed by atoms with Crippen LogP contribution in [0.3, 0.4) is 0 Å². The van der Waals surface area contributed by atoms with Crippen LogP contribution in [-0.4, -0.2) is 94.4 Å². The third-order valence-corrected chi connectivity index (χ3v) is 6.81. The standard InChI is InChI=1S/C20H27N5O4S/c1-13-21-20-25(22-13)19(27)18(30-20)17(24-8-6-23(7-9-24)10-11-26)14-4-5-15(28-2)16(12-14)29-3/h4-5,12,17-18,26H,6-11H2,1-3H3. The van der Waals surface area contributed by atoms with Gasteiger partial charge in [-0.25, -0.2) is 4.98 Å². The molecule has 162 valence electrons. The highest BCUT2D eigenvalue weighted by atomic mass is 32.2. The van der Waals surface area contributed by atoms with Crippen molar-refractivity contribution in [2.45, 2.75) is 23.4 Å². The van der Waals surface area contributed by atoms with E-state index >= 15 is 0 Å². The molecule has 2 aliphatic heterocycles. The van der Waals surface area contributed by atoms with E-state index in [2.05, 4.69) is 19.9 Å². The first-order chi connectivity index (χ1) is 14.5. The summed E-state index contributed by atoms with van der Waals surface area (Å²) in [7, 11) is 3.22. The fourth-order valence-electron chi connectivity index (χ4n) is 4.12. The van der Waals surface area contributed by atoms with Crippen molar-refractivity contribution >= 4 is 17.7 Å². The Morgan fingerprint density at radius 1 is 1.20 bits per heavy atom. The van der Waals surface area contributed by atoms with E-state index in [0.29, 0.717) is 29.0 Å². The average molecular weight is 434 g/mol. The van der Waals surface area contributed by atoms with Gasteiger partial charge in [0.25, 0.3) is 5.91 Å². The number of ether oxygens (including phenoxy) is 2. The maximum Gasteiger partial charge on any atom is 0.264 e. The lowest BCUT2D eigenvalue weighted by Crippen LogP contribution is -2.51. The van der Waals surface area contributed by atoms with Crippen LogP contribution in [0.25, 0.3) is 0 Å². The van der Waals surface area contributed by atoms with Crippen molar-refractivity contribution in [1.82, 2.24) is 24.6 Å². The second kappa shape index (κ2) is 8.93. The molecule has 10 heteroatoms. The Balaban J connectivity index is 1.66. The van der Waals surface area contributed by atoms with Crippen LogP contribution in [0.2, 0.25) is 0 Å². The van der Waals surface area contributed by atoms with Crippen LogP contribution < -0.4 is 9.47 Å². The maximum absolute atomic E-state index is 13.2. The topological polar surface area (TPSA) is 93.0 Å². The van der Waals surface area contributed by atoms with E-state index in [0.717, 1.165) is 31.7 Å². The van der Waals surface area contributed by atoms with Gasteiger partial charge in [-0.1, -0.05) is 17.8 Å². The smallest absolute Gasteiger partial charge is 0.264 e. The number of fused-ring (bicyclic) bond motifs is 1. The zero-order valence-corrected chi connectivity index (χ0v) is 18.3. The Morgan fingerprint density at radius 3 is 2.57 bits per heavy atom. The summed E-state index contributed by atoms with van der Waals surface area (Å²) in [6, 6.07) is 5.69. The third kappa shape index (κ3) is 3.92. The number of carbonyl (C=O) groups excluding carboxylic acids is 1. The summed E-state index contributed by atoms with van der Waals surface area (Å²) in [5.41, 5.74) is 0.997. The highest BCUT2D eigenvalue weighted by Gasteiger charge is 2.43. The molecule has 1 N–H and O–H groups in total. The van der Waals surface area contributed by atoms with Gasteiger partial charge in [0.2, 0.25) is 0 Å². The number of benzene rings is 1. The van der Waals surface area contributed by atoms with E-state index in [9.17, 15) is 9.90 Å². The van der Waals surface area contributed by atoms with Crippen LogP contribution >= 0.6 is 11.8 Å². The molecule has 0 amide bonds. The van der Waals surface area contributed by atoms with Gasteiger partial charge in [-0.2, -0.15) is 4.68 Å². The molecule has 0 bridgehead atoms. The largest absolute Gasteiger partial charge is 0.493 e. The number of carbonyl (C=O) groups is 1. The maximum atomic E-state index is 13.2. The lowest BCUT2D eigenvalue weighted by molar-refractivity contribution is 0.0688. The van der Waals surface area contributed by atoms with Crippen molar-refractivity contribution in [3.05, 3.63) is 29.6 Å². The third-order valence-electron chi connectivity index (χ3n) is 5.62. The number of β-amino-alcohol motifs (C(OH)–C–C–N with tert-alkyl or cyclic N) is 1. The Hall–Kier alpha value is -2.14. The second-order valence-corrected chi connectivity index (χ2v) is 8.50. The number of hydrogen-bond donors (Lipinski definition) is 1. The minimum atomic E-state index is -0.344. The molecule has 2 aromatic rings. The molecular formula is C20H27N5O4S. The van der Waals surface area contributed by atoms with Gasteiger partial charge >= 0.3 is 0 Å². The van der Waals surface area contributed by atoms with Gasteiger partial charge in [0, 0.05) is 32.7 Å². The summed E-state index contributed by atoms with van der Waals surface area (Å²) in [6.07, 6.45) is 0. The molecule has 2 atom stereocenters. The van der Waals surface area contributed by atoms with Gasteiger partial charge in [0.05, 0.1) is 26.9 Å². The predicted octanol–water partition coefficient (Wildman–Crippen LogP) is 1.07. The quantitative estimate of drug-likeness (QED) is 0.688. The zero-order valence-electron chi connectivity index (χ0n) is 17.4. The van der Waals surface area contributed by atoms with E-state index in [-0.39, 0.29) is 23.8 Å². The molecule has 1 aromatic heterocycles. The van der Waals surface area contributed by atoms with Gasteiger partial charge in [-0.3, -0.25) is 14.6 Å². The highest BCUT2D eigenvalue weighted by molar-refractivity contribution is 8.00. The normalized spacial score (nSPS) is 20.9. The summed E-state index contributed by atoms with van der Waals surface area (Å²) in [4.78, 5) is 22.2. The van der Waals surface area contributed by atoms with Crippen LogP contribution in [0.15, 0.2) is 23.4 Å².